The van der Waals surface area contributed by atoms with Crippen LogP contribution in [0.3, 0.4) is 0 Å². The van der Waals surface area contributed by atoms with E-state index in [2.05, 4.69) is 39.7 Å². The van der Waals surface area contributed by atoms with E-state index in [1.54, 1.807) is 35.2 Å². The second kappa shape index (κ2) is 9.75. The Hall–Kier alpha value is -4.35. The quantitative estimate of drug-likeness (QED) is 0.314. The van der Waals surface area contributed by atoms with Gasteiger partial charge >= 0.3 is 0 Å². The number of hydrogen-bond acceptors (Lipinski definition) is 8. The Morgan fingerprint density at radius 3 is 2.49 bits per heavy atom. The fourth-order valence-corrected chi connectivity index (χ4v) is 5.31. The third kappa shape index (κ3) is 5.18. The third-order valence-corrected chi connectivity index (χ3v) is 7.82. The van der Waals surface area contributed by atoms with Crippen LogP contribution >= 0.6 is 0 Å². The molecule has 1 aliphatic heterocycles. The zero-order valence-electron chi connectivity index (χ0n) is 21.4. The van der Waals surface area contributed by atoms with E-state index < -0.39 is 9.84 Å². The molecule has 5 aromatic rings. The van der Waals surface area contributed by atoms with Crippen LogP contribution in [0.2, 0.25) is 0 Å². The number of hydrogen-bond donors (Lipinski definition) is 2. The zero-order chi connectivity index (χ0) is 27.1. The second-order valence-corrected chi connectivity index (χ2v) is 11.7. The lowest BCUT2D eigenvalue weighted by Crippen LogP contribution is -2.26. The Kier molecular flexibility index (Phi) is 6.24. The molecule has 0 fully saturated rings. The predicted molar refractivity (Wildman–Crippen MR) is 149 cm³/mol. The van der Waals surface area contributed by atoms with Gasteiger partial charge in [-0.25, -0.2) is 17.8 Å². The van der Waals surface area contributed by atoms with Gasteiger partial charge in [0.05, 0.1) is 10.6 Å². The van der Waals surface area contributed by atoms with Crippen LogP contribution in [0.25, 0.3) is 16.9 Å². The van der Waals surface area contributed by atoms with Crippen molar-refractivity contribution in [2.24, 2.45) is 0 Å². The van der Waals surface area contributed by atoms with Crippen LogP contribution in [0.15, 0.2) is 78.0 Å². The molecule has 2 aromatic heterocycles. The van der Waals surface area contributed by atoms with Gasteiger partial charge in [-0.2, -0.15) is 9.97 Å². The van der Waals surface area contributed by atoms with E-state index in [9.17, 15) is 12.8 Å². The minimum atomic E-state index is -3.32. The topological polar surface area (TPSA) is 105 Å². The van der Waals surface area contributed by atoms with Gasteiger partial charge in [0.1, 0.15) is 12.1 Å². The summed E-state index contributed by atoms with van der Waals surface area (Å²) >= 11 is 0. The van der Waals surface area contributed by atoms with Gasteiger partial charge in [-0.15, -0.1) is 0 Å². The lowest BCUT2D eigenvalue weighted by molar-refractivity contribution is 0.313. The molecule has 0 unspecified atom stereocenters. The SMILES string of the molecule is CN1CCc2cc(Nc3nc(Nc4ccc(S(C)(=O)=O)cc4)c4ncn(-c5cccc(F)c5)c4n3)ccc2C1. The first-order valence-electron chi connectivity index (χ1n) is 12.4. The van der Waals surface area contributed by atoms with Crippen molar-refractivity contribution in [3.63, 3.8) is 0 Å². The fraction of sp³-hybridized carbons (Fsp3) is 0.179. The molecule has 9 nitrogen and oxygen atoms in total. The van der Waals surface area contributed by atoms with E-state index >= 15 is 0 Å². The zero-order valence-corrected chi connectivity index (χ0v) is 22.2. The Morgan fingerprint density at radius 1 is 0.923 bits per heavy atom. The van der Waals surface area contributed by atoms with Crippen molar-refractivity contribution < 1.29 is 12.8 Å². The Bertz CT molecular complexity index is 1800. The van der Waals surface area contributed by atoms with Gasteiger partial charge in [-0.05, 0) is 79.2 Å². The van der Waals surface area contributed by atoms with E-state index in [1.807, 2.05) is 6.07 Å². The van der Waals surface area contributed by atoms with Crippen molar-refractivity contribution in [1.29, 1.82) is 0 Å². The number of nitrogens with one attached hydrogen (secondary N) is 2. The predicted octanol–water partition coefficient (Wildman–Crippen LogP) is 4.83. The van der Waals surface area contributed by atoms with Gasteiger partial charge in [0, 0.05) is 30.7 Å². The average Bonchev–Trinajstić information content (AvgIpc) is 3.33. The van der Waals surface area contributed by atoms with Crippen LogP contribution in [0.1, 0.15) is 11.1 Å². The van der Waals surface area contributed by atoms with E-state index in [0.717, 1.165) is 25.2 Å². The van der Waals surface area contributed by atoms with Crippen molar-refractivity contribution in [2.75, 3.05) is 30.5 Å². The van der Waals surface area contributed by atoms with Gasteiger partial charge < -0.3 is 15.5 Å². The normalized spacial score (nSPS) is 13.8. The first kappa shape index (κ1) is 25.0. The van der Waals surface area contributed by atoms with Gasteiger partial charge in [0.2, 0.25) is 5.95 Å². The monoisotopic (exact) mass is 543 g/mol. The van der Waals surface area contributed by atoms with Gasteiger partial charge in [-0.1, -0.05) is 12.1 Å². The van der Waals surface area contributed by atoms with Gasteiger partial charge in [0.15, 0.2) is 26.8 Å². The molecule has 0 saturated carbocycles. The van der Waals surface area contributed by atoms with Crippen molar-refractivity contribution in [2.45, 2.75) is 17.9 Å². The third-order valence-electron chi connectivity index (χ3n) is 6.69. The minimum absolute atomic E-state index is 0.220. The molecule has 11 heteroatoms. The number of sulfone groups is 1. The van der Waals surface area contributed by atoms with Crippen molar-refractivity contribution >= 4 is 44.1 Å². The van der Waals surface area contributed by atoms with E-state index in [4.69, 9.17) is 9.97 Å². The first-order valence-corrected chi connectivity index (χ1v) is 14.3. The number of likely N-dealkylation sites (N-methyl/N-ethyl adjacent to an activating group) is 1. The molecule has 0 bridgehead atoms. The maximum atomic E-state index is 14.0. The summed E-state index contributed by atoms with van der Waals surface area (Å²) < 4.78 is 39.5. The van der Waals surface area contributed by atoms with Crippen molar-refractivity contribution in [3.8, 4) is 5.69 Å². The summed E-state index contributed by atoms with van der Waals surface area (Å²) in [7, 11) is -1.21. The molecule has 0 atom stereocenters. The molecule has 3 heterocycles. The van der Waals surface area contributed by atoms with E-state index in [-0.39, 0.29) is 10.7 Å². The Labute approximate surface area is 225 Å². The van der Waals surface area contributed by atoms with Crippen molar-refractivity contribution in [3.05, 3.63) is 90.0 Å². The summed E-state index contributed by atoms with van der Waals surface area (Å²) in [6, 6.07) is 18.8. The number of halogens is 1. The molecule has 6 rings (SSSR count). The molecular weight excluding hydrogens is 517 g/mol. The Balaban J connectivity index is 1.41. The number of benzene rings is 3. The molecular formula is C28H26FN7O2S. The lowest BCUT2D eigenvalue weighted by atomic mass is 9.99. The maximum absolute atomic E-state index is 14.0. The smallest absolute Gasteiger partial charge is 0.231 e. The Morgan fingerprint density at radius 2 is 1.72 bits per heavy atom. The maximum Gasteiger partial charge on any atom is 0.231 e. The molecule has 0 aliphatic carbocycles. The van der Waals surface area contributed by atoms with Gasteiger partial charge in [0.25, 0.3) is 0 Å². The lowest BCUT2D eigenvalue weighted by Gasteiger charge is -2.25. The van der Waals surface area contributed by atoms with E-state index in [1.165, 1.54) is 41.6 Å². The summed E-state index contributed by atoms with van der Waals surface area (Å²) in [4.78, 5) is 16.5. The number of imidazole rings is 1. The highest BCUT2D eigenvalue weighted by molar-refractivity contribution is 7.90. The summed E-state index contributed by atoms with van der Waals surface area (Å²) in [6.07, 6.45) is 3.70. The first-order chi connectivity index (χ1) is 18.7. The molecule has 39 heavy (non-hydrogen) atoms. The highest BCUT2D eigenvalue weighted by Crippen LogP contribution is 2.29. The summed E-state index contributed by atoms with van der Waals surface area (Å²) in [6.45, 7) is 1.91. The standard InChI is InChI=1S/C28H26FN7O2S/c1-35-13-12-18-14-22(7-6-19(18)16-35)32-28-33-26(31-21-8-10-24(11-9-21)39(2,37)38)25-27(34-28)36(17-30-25)23-5-3-4-20(29)15-23/h3-11,14-15,17H,12-13,16H2,1-2H3,(H2,31,32,33,34). The average molecular weight is 544 g/mol. The number of anilines is 4. The van der Waals surface area contributed by atoms with Crippen LogP contribution in [0.4, 0.5) is 27.5 Å². The molecule has 1 aliphatic rings. The molecule has 198 valence electrons. The van der Waals surface area contributed by atoms with E-state index in [0.29, 0.717) is 34.3 Å². The summed E-state index contributed by atoms with van der Waals surface area (Å²) in [5.41, 5.74) is 5.61. The number of rotatable bonds is 6. The molecule has 2 N–H and O–H groups in total. The highest BCUT2D eigenvalue weighted by atomic mass is 32.2. The molecule has 0 spiro atoms. The minimum Gasteiger partial charge on any atom is -0.338 e. The fourth-order valence-electron chi connectivity index (χ4n) is 4.68. The number of nitrogens with zero attached hydrogens (tertiary/aromatic N) is 5. The highest BCUT2D eigenvalue weighted by Gasteiger charge is 2.17. The van der Waals surface area contributed by atoms with Crippen LogP contribution in [0.5, 0.6) is 0 Å². The largest absolute Gasteiger partial charge is 0.338 e. The van der Waals surface area contributed by atoms with Crippen LogP contribution in [-0.4, -0.2) is 52.7 Å². The molecule has 3 aromatic carbocycles. The van der Waals surface area contributed by atoms with Crippen LogP contribution in [0, 0.1) is 5.82 Å². The van der Waals surface area contributed by atoms with Crippen LogP contribution < -0.4 is 10.6 Å². The summed E-state index contributed by atoms with van der Waals surface area (Å²) in [5, 5.41) is 6.56. The second-order valence-electron chi connectivity index (χ2n) is 9.68. The summed E-state index contributed by atoms with van der Waals surface area (Å²) in [5.74, 6) is 0.388. The molecule has 0 radical (unpaired) electrons. The number of fused-ring (bicyclic) bond motifs is 2. The molecule has 0 amide bonds. The van der Waals surface area contributed by atoms with Crippen LogP contribution in [-0.2, 0) is 22.8 Å². The van der Waals surface area contributed by atoms with Crippen molar-refractivity contribution in [1.82, 2.24) is 24.4 Å². The number of aromatic nitrogens is 4. The van der Waals surface area contributed by atoms with Gasteiger partial charge in [-0.3, -0.25) is 4.57 Å². The molecule has 0 saturated heterocycles.